The summed E-state index contributed by atoms with van der Waals surface area (Å²) in [6, 6.07) is 3.74. The van der Waals surface area contributed by atoms with Crippen LogP contribution in [-0.4, -0.2) is 19.7 Å². The zero-order chi connectivity index (χ0) is 15.5. The Balaban J connectivity index is 4.83. The molecule has 0 spiro atoms. The van der Waals surface area contributed by atoms with Gasteiger partial charge in [-0.15, -0.1) is 0 Å². The van der Waals surface area contributed by atoms with Crippen LogP contribution in [0, 0.1) is 22.7 Å². The average molecular weight is 299 g/mol. The van der Waals surface area contributed by atoms with E-state index in [0.717, 1.165) is 32.1 Å². The summed E-state index contributed by atoms with van der Waals surface area (Å²) in [5, 5.41) is 17.9. The van der Waals surface area contributed by atoms with E-state index in [1.807, 2.05) is 13.0 Å². The molecule has 6 heteroatoms. The Morgan fingerprint density at radius 1 is 1.00 bits per heavy atom. The van der Waals surface area contributed by atoms with Gasteiger partial charge in [0.05, 0.1) is 18.7 Å². The lowest BCUT2D eigenvalue weighted by molar-refractivity contribution is 0.481. The van der Waals surface area contributed by atoms with Gasteiger partial charge in [-0.3, -0.25) is 0 Å². The third-order valence-corrected chi connectivity index (χ3v) is 5.45. The summed E-state index contributed by atoms with van der Waals surface area (Å²) in [6.07, 6.45) is 6.24. The predicted molar refractivity (Wildman–Crippen MR) is 79.2 cm³/mol. The molecule has 1 atom stereocenters. The summed E-state index contributed by atoms with van der Waals surface area (Å²) in [5.41, 5.74) is 0. The van der Waals surface area contributed by atoms with Gasteiger partial charge in [-0.25, -0.2) is 8.42 Å². The lowest BCUT2D eigenvalue weighted by atomic mass is 9.96. The number of hydrogen-bond acceptors (Lipinski definition) is 4. The van der Waals surface area contributed by atoms with E-state index in [1.165, 1.54) is 0 Å². The van der Waals surface area contributed by atoms with Crippen molar-refractivity contribution in [1.82, 2.24) is 4.72 Å². The summed E-state index contributed by atoms with van der Waals surface area (Å²) in [7, 11) is -3.78. The van der Waals surface area contributed by atoms with Crippen molar-refractivity contribution >= 4 is 10.0 Å². The van der Waals surface area contributed by atoms with Crippen LogP contribution in [0.1, 0.15) is 65.2 Å². The molecule has 20 heavy (non-hydrogen) atoms. The topological polar surface area (TPSA) is 93.8 Å². The third kappa shape index (κ3) is 5.48. The van der Waals surface area contributed by atoms with Crippen LogP contribution in [0.15, 0.2) is 0 Å². The molecule has 0 fully saturated rings. The molecule has 0 aromatic rings. The molecule has 0 saturated carbocycles. The van der Waals surface area contributed by atoms with Crippen LogP contribution >= 0.6 is 0 Å². The third-order valence-electron chi connectivity index (χ3n) is 3.40. The first-order valence-electron chi connectivity index (χ1n) is 7.27. The first kappa shape index (κ1) is 18.9. The van der Waals surface area contributed by atoms with Crippen LogP contribution in [0.5, 0.6) is 0 Å². The molecule has 0 aliphatic carbocycles. The maximum absolute atomic E-state index is 12.3. The van der Waals surface area contributed by atoms with Crippen LogP contribution < -0.4 is 4.72 Å². The number of sulfonamides is 1. The second kappa shape index (κ2) is 9.74. The van der Waals surface area contributed by atoms with Crippen molar-refractivity contribution < 1.29 is 8.42 Å². The minimum Gasteiger partial charge on any atom is -0.211 e. The fourth-order valence-corrected chi connectivity index (χ4v) is 3.79. The van der Waals surface area contributed by atoms with Crippen LogP contribution in [0.3, 0.4) is 0 Å². The van der Waals surface area contributed by atoms with Crippen molar-refractivity contribution in [3.8, 4) is 12.1 Å². The maximum atomic E-state index is 12.3. The van der Waals surface area contributed by atoms with Crippen LogP contribution in [0.4, 0.5) is 0 Å². The Hall–Kier alpha value is -1.11. The van der Waals surface area contributed by atoms with Crippen molar-refractivity contribution in [3.05, 3.63) is 0 Å². The Kier molecular flexibility index (Phi) is 9.20. The normalized spacial score (nSPS) is 14.2. The zero-order valence-electron chi connectivity index (χ0n) is 12.5. The molecule has 0 rings (SSSR count). The zero-order valence-corrected chi connectivity index (χ0v) is 13.3. The minimum atomic E-state index is -3.78. The molecule has 0 aliphatic rings. The molecule has 0 saturated heterocycles. The van der Waals surface area contributed by atoms with Gasteiger partial charge in [0.15, 0.2) is 4.75 Å². The quantitative estimate of drug-likeness (QED) is 0.469. The lowest BCUT2D eigenvalue weighted by Gasteiger charge is -2.25. The van der Waals surface area contributed by atoms with Gasteiger partial charge < -0.3 is 0 Å². The van der Waals surface area contributed by atoms with Crippen molar-refractivity contribution in [2.24, 2.45) is 0 Å². The number of nitriles is 2. The highest BCUT2D eigenvalue weighted by Gasteiger charge is 2.42. The number of nitrogens with zero attached hydrogens (tertiary/aromatic N) is 2. The number of unbranched alkanes of at least 4 members (excludes halogenated alkanes) is 4. The molecular formula is C14H25N3O2S. The van der Waals surface area contributed by atoms with Gasteiger partial charge in [0.1, 0.15) is 0 Å². The van der Waals surface area contributed by atoms with Gasteiger partial charge in [-0.05, 0) is 12.8 Å². The smallest absolute Gasteiger partial charge is 0.211 e. The highest BCUT2D eigenvalue weighted by atomic mass is 32.2. The molecule has 0 amide bonds. The van der Waals surface area contributed by atoms with Crippen molar-refractivity contribution in [3.63, 3.8) is 0 Å². The van der Waals surface area contributed by atoms with Crippen molar-refractivity contribution in [1.29, 1.82) is 10.5 Å². The van der Waals surface area contributed by atoms with E-state index in [2.05, 4.69) is 11.6 Å². The van der Waals surface area contributed by atoms with E-state index in [9.17, 15) is 13.7 Å². The standard InChI is InChI=1S/C14H25N3O2S/c1-3-5-6-7-8-10-14(13-16,9-4-2)20(18,19)17-12-11-15/h17H,3-10,12H2,1-2H3. The Morgan fingerprint density at radius 2 is 1.65 bits per heavy atom. The van der Waals surface area contributed by atoms with E-state index < -0.39 is 14.8 Å². The predicted octanol–water partition coefficient (Wildman–Crippen LogP) is 2.85. The number of rotatable bonds is 11. The molecule has 0 heterocycles. The number of hydrogen-bond donors (Lipinski definition) is 1. The summed E-state index contributed by atoms with van der Waals surface area (Å²) < 4.78 is 25.4. The SMILES string of the molecule is CCCCCCCC(C#N)(CCC)S(=O)(=O)NCC#N. The molecule has 1 N–H and O–H groups in total. The van der Waals surface area contributed by atoms with E-state index in [0.29, 0.717) is 19.3 Å². The summed E-state index contributed by atoms with van der Waals surface area (Å²) in [6.45, 7) is 3.70. The first-order chi connectivity index (χ1) is 9.49. The van der Waals surface area contributed by atoms with Crippen LogP contribution in [0.25, 0.3) is 0 Å². The molecule has 0 radical (unpaired) electrons. The molecule has 0 bridgehead atoms. The Morgan fingerprint density at radius 3 is 2.15 bits per heavy atom. The van der Waals surface area contributed by atoms with Crippen LogP contribution in [0.2, 0.25) is 0 Å². The maximum Gasteiger partial charge on any atom is 0.231 e. The van der Waals surface area contributed by atoms with Gasteiger partial charge in [0.25, 0.3) is 0 Å². The van der Waals surface area contributed by atoms with Gasteiger partial charge >= 0.3 is 0 Å². The van der Waals surface area contributed by atoms with Gasteiger partial charge in [0, 0.05) is 0 Å². The first-order valence-corrected chi connectivity index (χ1v) is 8.75. The molecular weight excluding hydrogens is 274 g/mol. The van der Waals surface area contributed by atoms with E-state index in [-0.39, 0.29) is 6.54 Å². The highest BCUT2D eigenvalue weighted by molar-refractivity contribution is 7.91. The van der Waals surface area contributed by atoms with E-state index in [1.54, 1.807) is 6.07 Å². The molecule has 5 nitrogen and oxygen atoms in total. The van der Waals surface area contributed by atoms with Crippen molar-refractivity contribution in [2.75, 3.05) is 6.54 Å². The Labute approximate surface area is 123 Å². The average Bonchev–Trinajstić information content (AvgIpc) is 2.43. The molecule has 0 aliphatic heterocycles. The minimum absolute atomic E-state index is 0.286. The van der Waals surface area contributed by atoms with Gasteiger partial charge in [0.2, 0.25) is 10.0 Å². The number of nitrogens with one attached hydrogen (secondary N) is 1. The lowest BCUT2D eigenvalue weighted by Crippen LogP contribution is -2.45. The highest BCUT2D eigenvalue weighted by Crippen LogP contribution is 2.29. The van der Waals surface area contributed by atoms with Gasteiger partial charge in [-0.2, -0.15) is 15.2 Å². The fourth-order valence-electron chi connectivity index (χ4n) is 2.25. The molecule has 1 unspecified atom stereocenters. The fraction of sp³-hybridized carbons (Fsp3) is 0.857. The molecule has 114 valence electrons. The summed E-state index contributed by atoms with van der Waals surface area (Å²) in [4.78, 5) is 0. The second-order valence-corrected chi connectivity index (χ2v) is 7.08. The molecule has 0 aromatic carbocycles. The largest absolute Gasteiger partial charge is 0.231 e. The summed E-state index contributed by atoms with van der Waals surface area (Å²) >= 11 is 0. The summed E-state index contributed by atoms with van der Waals surface area (Å²) in [5.74, 6) is 0. The second-order valence-electron chi connectivity index (χ2n) is 5.00. The molecule has 0 aromatic heterocycles. The van der Waals surface area contributed by atoms with E-state index in [4.69, 9.17) is 5.26 Å². The Bertz CT molecular complexity index is 448. The van der Waals surface area contributed by atoms with Gasteiger partial charge in [-0.1, -0.05) is 52.4 Å². The monoisotopic (exact) mass is 299 g/mol. The van der Waals surface area contributed by atoms with Crippen molar-refractivity contribution in [2.45, 2.75) is 70.0 Å². The van der Waals surface area contributed by atoms with Crippen LogP contribution in [-0.2, 0) is 10.0 Å². The van der Waals surface area contributed by atoms with E-state index >= 15 is 0 Å².